The van der Waals surface area contributed by atoms with E-state index in [4.69, 9.17) is 16.3 Å². The van der Waals surface area contributed by atoms with Gasteiger partial charge in [-0.05, 0) is 29.8 Å². The van der Waals surface area contributed by atoms with Gasteiger partial charge in [0.25, 0.3) is 0 Å². The molecule has 0 aliphatic rings. The third-order valence-electron chi connectivity index (χ3n) is 2.21. The molecule has 0 heterocycles. The average molecular weight is 247 g/mol. The van der Waals surface area contributed by atoms with Crippen molar-refractivity contribution in [2.45, 2.75) is 6.42 Å². The maximum absolute atomic E-state index is 11.6. The molecule has 0 atom stereocenters. The highest BCUT2D eigenvalue weighted by Gasteiger charge is 2.06. The molecule has 17 heavy (non-hydrogen) atoms. The van der Waals surface area contributed by atoms with Crippen molar-refractivity contribution >= 4 is 17.6 Å². The van der Waals surface area contributed by atoms with Crippen LogP contribution in [0.3, 0.4) is 0 Å². The van der Waals surface area contributed by atoms with Gasteiger partial charge >= 0.3 is 5.97 Å². The van der Waals surface area contributed by atoms with Gasteiger partial charge in [0.05, 0.1) is 6.42 Å². The summed E-state index contributed by atoms with van der Waals surface area (Å²) in [5.41, 5.74) is 0.846. The molecule has 0 saturated heterocycles. The molecule has 0 aliphatic heterocycles. The summed E-state index contributed by atoms with van der Waals surface area (Å²) in [6, 6.07) is 16.2. The lowest BCUT2D eigenvalue weighted by Gasteiger charge is -2.04. The van der Waals surface area contributed by atoms with E-state index in [0.717, 1.165) is 5.56 Å². The fraction of sp³-hybridized carbons (Fsp3) is 0.0714. The minimum absolute atomic E-state index is 0.218. The van der Waals surface area contributed by atoms with Crippen LogP contribution < -0.4 is 4.74 Å². The molecule has 2 nitrogen and oxygen atoms in total. The SMILES string of the molecule is O=C(Cc1cccc(Cl)c1)Oc1ccccc1. The minimum Gasteiger partial charge on any atom is -0.426 e. The quantitative estimate of drug-likeness (QED) is 0.612. The Kier molecular flexibility index (Phi) is 3.78. The molecule has 2 rings (SSSR count). The number of hydrogen-bond donors (Lipinski definition) is 0. The fourth-order valence-electron chi connectivity index (χ4n) is 1.47. The summed E-state index contributed by atoms with van der Waals surface area (Å²) in [5, 5.41) is 0.620. The summed E-state index contributed by atoms with van der Waals surface area (Å²) in [6.07, 6.45) is 0.218. The predicted octanol–water partition coefficient (Wildman–Crippen LogP) is 3.49. The lowest BCUT2D eigenvalue weighted by Crippen LogP contribution is -2.11. The number of hydrogen-bond acceptors (Lipinski definition) is 2. The maximum Gasteiger partial charge on any atom is 0.315 e. The van der Waals surface area contributed by atoms with Gasteiger partial charge in [-0.25, -0.2) is 0 Å². The molecule has 2 aromatic carbocycles. The molecular weight excluding hydrogens is 236 g/mol. The van der Waals surface area contributed by atoms with Gasteiger partial charge < -0.3 is 4.74 Å². The van der Waals surface area contributed by atoms with Crippen LogP contribution in [0.4, 0.5) is 0 Å². The van der Waals surface area contributed by atoms with Crippen molar-refractivity contribution in [2.24, 2.45) is 0 Å². The van der Waals surface area contributed by atoms with E-state index in [0.29, 0.717) is 10.8 Å². The fourth-order valence-corrected chi connectivity index (χ4v) is 1.68. The van der Waals surface area contributed by atoms with Crippen LogP contribution in [0.25, 0.3) is 0 Å². The summed E-state index contributed by atoms with van der Waals surface area (Å²) in [6.45, 7) is 0. The van der Waals surface area contributed by atoms with Gasteiger partial charge in [0.2, 0.25) is 0 Å². The second kappa shape index (κ2) is 5.51. The standard InChI is InChI=1S/C14H11ClO2/c15-12-6-4-5-11(9-12)10-14(16)17-13-7-2-1-3-8-13/h1-9H,10H2. The summed E-state index contributed by atoms with van der Waals surface area (Å²) in [5.74, 6) is 0.262. The molecule has 0 fully saturated rings. The highest BCUT2D eigenvalue weighted by atomic mass is 35.5. The molecule has 0 spiro atoms. The molecule has 0 aromatic heterocycles. The molecule has 0 bridgehead atoms. The number of rotatable bonds is 3. The van der Waals surface area contributed by atoms with E-state index < -0.39 is 0 Å². The Labute approximate surface area is 105 Å². The first-order valence-electron chi connectivity index (χ1n) is 5.24. The van der Waals surface area contributed by atoms with Gasteiger partial charge in [-0.2, -0.15) is 0 Å². The molecule has 0 radical (unpaired) electrons. The first kappa shape index (κ1) is 11.7. The topological polar surface area (TPSA) is 26.3 Å². The number of esters is 1. The minimum atomic E-state index is -0.293. The van der Waals surface area contributed by atoms with Gasteiger partial charge in [-0.3, -0.25) is 4.79 Å². The van der Waals surface area contributed by atoms with Crippen LogP contribution in [0.2, 0.25) is 5.02 Å². The number of benzene rings is 2. The predicted molar refractivity (Wildman–Crippen MR) is 67.2 cm³/mol. The largest absolute Gasteiger partial charge is 0.426 e. The average Bonchev–Trinajstić information content (AvgIpc) is 2.30. The van der Waals surface area contributed by atoms with Crippen LogP contribution in [-0.4, -0.2) is 5.97 Å². The van der Waals surface area contributed by atoms with Gasteiger partial charge in [0.1, 0.15) is 5.75 Å². The van der Waals surface area contributed by atoms with Crippen molar-refractivity contribution in [3.63, 3.8) is 0 Å². The highest BCUT2D eigenvalue weighted by Crippen LogP contribution is 2.13. The molecule has 86 valence electrons. The van der Waals surface area contributed by atoms with Crippen LogP contribution in [-0.2, 0) is 11.2 Å². The van der Waals surface area contributed by atoms with Crippen molar-refractivity contribution in [2.75, 3.05) is 0 Å². The zero-order valence-electron chi connectivity index (χ0n) is 9.10. The molecule has 3 heteroatoms. The first-order chi connectivity index (χ1) is 8.24. The smallest absolute Gasteiger partial charge is 0.315 e. The normalized spacial score (nSPS) is 9.94. The molecular formula is C14H11ClO2. The second-order valence-corrected chi connectivity index (χ2v) is 4.03. The highest BCUT2D eigenvalue weighted by molar-refractivity contribution is 6.30. The molecule has 0 saturated carbocycles. The van der Waals surface area contributed by atoms with E-state index in [1.54, 1.807) is 24.3 Å². The van der Waals surface area contributed by atoms with Crippen molar-refractivity contribution < 1.29 is 9.53 Å². The first-order valence-corrected chi connectivity index (χ1v) is 5.62. The Balaban J connectivity index is 1.98. The monoisotopic (exact) mass is 246 g/mol. The number of carbonyl (C=O) groups excluding carboxylic acids is 1. The van der Waals surface area contributed by atoms with E-state index >= 15 is 0 Å². The number of ether oxygens (including phenoxy) is 1. The van der Waals surface area contributed by atoms with Crippen LogP contribution in [0.1, 0.15) is 5.56 Å². The number of carbonyl (C=O) groups is 1. The lowest BCUT2D eigenvalue weighted by atomic mass is 10.1. The van der Waals surface area contributed by atoms with Crippen LogP contribution in [0, 0.1) is 0 Å². The molecule has 0 N–H and O–H groups in total. The van der Waals surface area contributed by atoms with Gasteiger partial charge in [0, 0.05) is 5.02 Å². The molecule has 0 amide bonds. The lowest BCUT2D eigenvalue weighted by molar-refractivity contribution is -0.133. The van der Waals surface area contributed by atoms with Crippen molar-refractivity contribution in [1.29, 1.82) is 0 Å². The summed E-state index contributed by atoms with van der Waals surface area (Å²) in [4.78, 5) is 11.6. The van der Waals surface area contributed by atoms with Crippen molar-refractivity contribution in [3.05, 3.63) is 65.2 Å². The third-order valence-corrected chi connectivity index (χ3v) is 2.45. The molecule has 0 aliphatic carbocycles. The second-order valence-electron chi connectivity index (χ2n) is 3.59. The van der Waals surface area contributed by atoms with E-state index in [2.05, 4.69) is 0 Å². The van der Waals surface area contributed by atoms with E-state index in [-0.39, 0.29) is 12.4 Å². The Morgan fingerprint density at radius 1 is 1.06 bits per heavy atom. The Morgan fingerprint density at radius 2 is 1.82 bits per heavy atom. The van der Waals surface area contributed by atoms with E-state index in [1.165, 1.54) is 0 Å². The van der Waals surface area contributed by atoms with Crippen molar-refractivity contribution in [1.82, 2.24) is 0 Å². The van der Waals surface area contributed by atoms with Gasteiger partial charge in [-0.15, -0.1) is 0 Å². The van der Waals surface area contributed by atoms with E-state index in [9.17, 15) is 4.79 Å². The van der Waals surface area contributed by atoms with Crippen molar-refractivity contribution in [3.8, 4) is 5.75 Å². The maximum atomic E-state index is 11.6. The van der Waals surface area contributed by atoms with Gasteiger partial charge in [0.15, 0.2) is 0 Å². The van der Waals surface area contributed by atoms with Crippen LogP contribution in [0.5, 0.6) is 5.75 Å². The van der Waals surface area contributed by atoms with Crippen LogP contribution >= 0.6 is 11.6 Å². The Hall–Kier alpha value is -1.80. The third kappa shape index (κ3) is 3.61. The van der Waals surface area contributed by atoms with E-state index in [1.807, 2.05) is 30.3 Å². The zero-order valence-corrected chi connectivity index (χ0v) is 9.85. The summed E-state index contributed by atoms with van der Waals surface area (Å²) in [7, 11) is 0. The Morgan fingerprint density at radius 3 is 2.53 bits per heavy atom. The summed E-state index contributed by atoms with van der Waals surface area (Å²) < 4.78 is 5.18. The molecule has 2 aromatic rings. The van der Waals surface area contributed by atoms with Crippen LogP contribution in [0.15, 0.2) is 54.6 Å². The summed E-state index contributed by atoms with van der Waals surface area (Å²) >= 11 is 5.84. The molecule has 0 unspecified atom stereocenters. The van der Waals surface area contributed by atoms with Gasteiger partial charge in [-0.1, -0.05) is 41.9 Å². The number of halogens is 1. The number of para-hydroxylation sites is 1. The Bertz CT molecular complexity index is 509. The zero-order chi connectivity index (χ0) is 12.1.